The number of pyridine rings is 1. The van der Waals surface area contributed by atoms with E-state index in [1.54, 1.807) is 0 Å². The van der Waals surface area contributed by atoms with Gasteiger partial charge in [0.1, 0.15) is 0 Å². The minimum atomic E-state index is -0.599. The summed E-state index contributed by atoms with van der Waals surface area (Å²) >= 11 is 0. The highest BCUT2D eigenvalue weighted by Gasteiger charge is 2.32. The minimum absolute atomic E-state index is 0.0309. The van der Waals surface area contributed by atoms with Gasteiger partial charge in [-0.3, -0.25) is 9.78 Å². The van der Waals surface area contributed by atoms with Crippen molar-refractivity contribution in [3.8, 4) is 0 Å². The molecular weight excluding hydrogens is 233 g/mol. The number of rotatable bonds is 3. The van der Waals surface area contributed by atoms with Crippen LogP contribution in [0.25, 0.3) is 0 Å². The first-order chi connectivity index (χ1) is 8.67. The predicted molar refractivity (Wildman–Crippen MR) is 66.5 cm³/mol. The zero-order valence-corrected chi connectivity index (χ0v) is 10.3. The first-order valence-corrected chi connectivity index (χ1v) is 6.29. The van der Waals surface area contributed by atoms with Crippen molar-refractivity contribution in [1.82, 2.24) is 10.3 Å². The Labute approximate surface area is 106 Å². The van der Waals surface area contributed by atoms with Crippen LogP contribution in [0.1, 0.15) is 42.5 Å². The lowest BCUT2D eigenvalue weighted by atomic mass is 9.81. The molecule has 0 unspecified atom stereocenters. The normalized spacial score (nSPS) is 18.3. The summed E-state index contributed by atoms with van der Waals surface area (Å²) in [5, 5.41) is 2.91. The molecule has 5 heteroatoms. The van der Waals surface area contributed by atoms with Crippen LogP contribution in [-0.2, 0) is 0 Å². The predicted octanol–water partition coefficient (Wildman–Crippen LogP) is 1.61. The van der Waals surface area contributed by atoms with E-state index in [2.05, 4.69) is 10.3 Å². The zero-order valence-electron chi connectivity index (χ0n) is 10.3. The van der Waals surface area contributed by atoms with Gasteiger partial charge in [0.25, 0.3) is 5.91 Å². The van der Waals surface area contributed by atoms with E-state index in [4.69, 9.17) is 5.73 Å². The van der Waals surface area contributed by atoms with E-state index in [-0.39, 0.29) is 11.1 Å². The van der Waals surface area contributed by atoms with Crippen molar-refractivity contribution < 1.29 is 9.18 Å². The fourth-order valence-electron chi connectivity index (χ4n) is 2.48. The Kier molecular flexibility index (Phi) is 3.91. The van der Waals surface area contributed by atoms with Gasteiger partial charge in [-0.25, -0.2) is 4.39 Å². The van der Waals surface area contributed by atoms with Crippen molar-refractivity contribution in [3.63, 3.8) is 0 Å². The van der Waals surface area contributed by atoms with Gasteiger partial charge in [0, 0.05) is 12.7 Å². The second-order valence-electron chi connectivity index (χ2n) is 4.85. The van der Waals surface area contributed by atoms with Crippen LogP contribution in [0.15, 0.2) is 18.5 Å². The van der Waals surface area contributed by atoms with Gasteiger partial charge in [-0.2, -0.15) is 0 Å². The Morgan fingerprint density at radius 1 is 1.44 bits per heavy atom. The Morgan fingerprint density at radius 2 is 2.17 bits per heavy atom. The third-order valence-corrected chi connectivity index (χ3v) is 3.60. The maximum Gasteiger partial charge on any atom is 0.254 e. The average Bonchev–Trinajstić information content (AvgIpc) is 2.40. The monoisotopic (exact) mass is 251 g/mol. The van der Waals surface area contributed by atoms with Crippen LogP contribution in [0.2, 0.25) is 0 Å². The van der Waals surface area contributed by atoms with Crippen LogP contribution < -0.4 is 11.1 Å². The molecule has 0 bridgehead atoms. The number of nitrogens with one attached hydrogen (secondary N) is 1. The first kappa shape index (κ1) is 13.0. The van der Waals surface area contributed by atoms with Crippen molar-refractivity contribution in [2.24, 2.45) is 5.73 Å². The summed E-state index contributed by atoms with van der Waals surface area (Å²) in [6.45, 7) is 0.394. The molecule has 1 amide bonds. The molecule has 1 saturated carbocycles. The number of amides is 1. The highest BCUT2D eigenvalue weighted by atomic mass is 19.1. The minimum Gasteiger partial charge on any atom is -0.345 e. The summed E-state index contributed by atoms with van der Waals surface area (Å²) in [4.78, 5) is 15.7. The molecule has 0 spiro atoms. The number of nitrogens with zero attached hydrogens (tertiary/aromatic N) is 1. The van der Waals surface area contributed by atoms with Crippen molar-refractivity contribution in [2.75, 3.05) is 6.54 Å². The van der Waals surface area contributed by atoms with Crippen LogP contribution in [0.4, 0.5) is 4.39 Å². The molecule has 1 aromatic heterocycles. The second kappa shape index (κ2) is 5.44. The smallest absolute Gasteiger partial charge is 0.254 e. The third kappa shape index (κ3) is 2.67. The standard InChI is InChI=1S/C13H18FN3O/c14-11-8-16-7-4-10(11)12(18)17-13(9-15)5-2-1-3-6-13/h4,7-8H,1-3,5-6,9,15H2,(H,17,18). The van der Waals surface area contributed by atoms with Crippen molar-refractivity contribution >= 4 is 5.91 Å². The summed E-state index contributed by atoms with van der Waals surface area (Å²) in [6, 6.07) is 1.39. The zero-order chi connectivity index (χ0) is 13.0. The van der Waals surface area contributed by atoms with Crippen LogP contribution in [0.3, 0.4) is 0 Å². The molecule has 1 heterocycles. The van der Waals surface area contributed by atoms with Crippen molar-refractivity contribution in [1.29, 1.82) is 0 Å². The molecule has 0 aromatic carbocycles. The van der Waals surface area contributed by atoms with Gasteiger partial charge in [0.2, 0.25) is 0 Å². The number of hydrogen-bond donors (Lipinski definition) is 2. The van der Waals surface area contributed by atoms with Gasteiger partial charge in [-0.1, -0.05) is 19.3 Å². The maximum absolute atomic E-state index is 13.5. The molecule has 4 nitrogen and oxygen atoms in total. The fraction of sp³-hybridized carbons (Fsp3) is 0.538. The number of halogens is 1. The van der Waals surface area contributed by atoms with Gasteiger partial charge in [-0.15, -0.1) is 0 Å². The number of hydrogen-bond acceptors (Lipinski definition) is 3. The highest BCUT2D eigenvalue weighted by molar-refractivity contribution is 5.94. The molecule has 1 fully saturated rings. The van der Waals surface area contributed by atoms with Crippen LogP contribution in [0, 0.1) is 5.82 Å². The van der Waals surface area contributed by atoms with Crippen molar-refractivity contribution in [3.05, 3.63) is 29.8 Å². The average molecular weight is 251 g/mol. The summed E-state index contributed by atoms with van der Waals surface area (Å²) < 4.78 is 13.5. The Balaban J connectivity index is 2.13. The molecule has 1 aliphatic carbocycles. The van der Waals surface area contributed by atoms with E-state index in [9.17, 15) is 9.18 Å². The molecule has 0 saturated heterocycles. The lowest BCUT2D eigenvalue weighted by Gasteiger charge is -2.37. The molecule has 2 rings (SSSR count). The molecule has 1 aliphatic rings. The van der Waals surface area contributed by atoms with Gasteiger partial charge in [0.05, 0.1) is 17.3 Å². The fourth-order valence-corrected chi connectivity index (χ4v) is 2.48. The molecule has 0 aliphatic heterocycles. The number of carbonyl (C=O) groups is 1. The first-order valence-electron chi connectivity index (χ1n) is 6.29. The molecule has 0 radical (unpaired) electrons. The lowest BCUT2D eigenvalue weighted by molar-refractivity contribution is 0.0870. The quantitative estimate of drug-likeness (QED) is 0.857. The largest absolute Gasteiger partial charge is 0.345 e. The van der Waals surface area contributed by atoms with E-state index >= 15 is 0 Å². The number of carbonyl (C=O) groups excluding carboxylic acids is 1. The Morgan fingerprint density at radius 3 is 2.78 bits per heavy atom. The molecule has 18 heavy (non-hydrogen) atoms. The molecule has 98 valence electrons. The van der Waals surface area contributed by atoms with Crippen molar-refractivity contribution in [2.45, 2.75) is 37.6 Å². The molecule has 3 N–H and O–H groups in total. The van der Waals surface area contributed by atoms with Crippen LogP contribution in [0.5, 0.6) is 0 Å². The Bertz CT molecular complexity index is 430. The van der Waals surface area contributed by atoms with E-state index in [1.165, 1.54) is 18.7 Å². The topological polar surface area (TPSA) is 68.0 Å². The summed E-state index contributed by atoms with van der Waals surface area (Å²) in [6.07, 6.45) is 7.45. The lowest BCUT2D eigenvalue weighted by Crippen LogP contribution is -2.54. The maximum atomic E-state index is 13.5. The molecule has 1 aromatic rings. The van der Waals surface area contributed by atoms with Gasteiger partial charge < -0.3 is 11.1 Å². The number of aromatic nitrogens is 1. The van der Waals surface area contributed by atoms with Crippen LogP contribution in [-0.4, -0.2) is 23.0 Å². The van der Waals surface area contributed by atoms with E-state index in [0.717, 1.165) is 31.9 Å². The van der Waals surface area contributed by atoms with Gasteiger partial charge in [-0.05, 0) is 18.9 Å². The molecule has 0 atom stereocenters. The van der Waals surface area contributed by atoms with Gasteiger partial charge in [0.15, 0.2) is 5.82 Å². The summed E-state index contributed by atoms with van der Waals surface area (Å²) in [7, 11) is 0. The SMILES string of the molecule is NCC1(NC(=O)c2ccncc2F)CCCCC1. The highest BCUT2D eigenvalue weighted by Crippen LogP contribution is 2.27. The van der Waals surface area contributed by atoms with E-state index in [0.29, 0.717) is 6.54 Å². The second-order valence-corrected chi connectivity index (χ2v) is 4.85. The number of nitrogens with two attached hydrogens (primary N) is 1. The summed E-state index contributed by atoms with van der Waals surface area (Å²) in [5.41, 5.74) is 5.44. The third-order valence-electron chi connectivity index (χ3n) is 3.60. The molecular formula is C13H18FN3O. The van der Waals surface area contributed by atoms with E-state index in [1.807, 2.05) is 0 Å². The van der Waals surface area contributed by atoms with Gasteiger partial charge >= 0.3 is 0 Å². The Hall–Kier alpha value is -1.49. The van der Waals surface area contributed by atoms with E-state index < -0.39 is 11.7 Å². The van der Waals surface area contributed by atoms with Crippen LogP contribution >= 0.6 is 0 Å². The summed E-state index contributed by atoms with van der Waals surface area (Å²) in [5.74, 6) is -1.000.